The van der Waals surface area contributed by atoms with Gasteiger partial charge in [0.05, 0.1) is 35.2 Å². The fourth-order valence-corrected chi connectivity index (χ4v) is 4.32. The summed E-state index contributed by atoms with van der Waals surface area (Å²) in [7, 11) is 1.81. The predicted octanol–water partition coefficient (Wildman–Crippen LogP) is 1.82. The fourth-order valence-electron chi connectivity index (χ4n) is 4.32. The molecule has 0 aromatic carbocycles. The zero-order valence-corrected chi connectivity index (χ0v) is 16.4. The Bertz CT molecular complexity index is 1280. The van der Waals surface area contributed by atoms with E-state index in [4.69, 9.17) is 9.72 Å². The van der Waals surface area contributed by atoms with Crippen LogP contribution < -0.4 is 10.9 Å². The number of rotatable bonds is 2. The molecule has 5 rings (SSSR count). The number of aliphatic hydroxyl groups is 1. The van der Waals surface area contributed by atoms with E-state index in [1.807, 2.05) is 20.0 Å². The lowest BCUT2D eigenvalue weighted by Crippen LogP contribution is -2.44. The van der Waals surface area contributed by atoms with Gasteiger partial charge in [-0.2, -0.15) is 0 Å². The molecule has 2 N–H and O–H groups in total. The van der Waals surface area contributed by atoms with Gasteiger partial charge in [0, 0.05) is 23.6 Å². The zero-order chi connectivity index (χ0) is 20.5. The Morgan fingerprint density at radius 1 is 1.31 bits per heavy atom. The molecule has 0 amide bonds. The monoisotopic (exact) mass is 392 g/mol. The smallest absolute Gasteiger partial charge is 0.343 e. The van der Waals surface area contributed by atoms with Crippen molar-refractivity contribution in [2.45, 2.75) is 39.0 Å². The van der Waals surface area contributed by atoms with Crippen molar-refractivity contribution in [2.24, 2.45) is 0 Å². The van der Waals surface area contributed by atoms with Crippen LogP contribution in [0.4, 0.5) is 5.82 Å². The summed E-state index contributed by atoms with van der Waals surface area (Å²) in [6, 6.07) is 3.66. The third kappa shape index (κ3) is 2.23. The summed E-state index contributed by atoms with van der Waals surface area (Å²) in [5, 5.41) is 14.9. The predicted molar refractivity (Wildman–Crippen MR) is 107 cm³/mol. The van der Waals surface area contributed by atoms with Gasteiger partial charge >= 0.3 is 5.97 Å². The first kappa shape index (κ1) is 17.8. The molecule has 2 aliphatic rings. The van der Waals surface area contributed by atoms with Gasteiger partial charge in [0.15, 0.2) is 5.60 Å². The second-order valence-corrected chi connectivity index (χ2v) is 7.50. The summed E-state index contributed by atoms with van der Waals surface area (Å²) in [4.78, 5) is 34.6. The summed E-state index contributed by atoms with van der Waals surface area (Å²) < 4.78 is 6.75. The van der Waals surface area contributed by atoms with Gasteiger partial charge in [0.2, 0.25) is 0 Å². The summed E-state index contributed by atoms with van der Waals surface area (Å²) in [5.74, 6) is 0.0238. The molecular weight excluding hydrogens is 372 g/mol. The minimum atomic E-state index is -1.82. The molecule has 0 radical (unpaired) electrons. The van der Waals surface area contributed by atoms with E-state index in [0.717, 1.165) is 27.8 Å². The number of pyridine rings is 3. The van der Waals surface area contributed by atoms with E-state index in [9.17, 15) is 14.7 Å². The number of aromatic nitrogens is 3. The number of nitrogens with zero attached hydrogens (tertiary/aromatic N) is 3. The maximum Gasteiger partial charge on any atom is 0.343 e. The number of cyclic esters (lactones) is 1. The van der Waals surface area contributed by atoms with Crippen molar-refractivity contribution >= 4 is 22.7 Å². The summed E-state index contributed by atoms with van der Waals surface area (Å²) >= 11 is 0. The Kier molecular flexibility index (Phi) is 3.61. The number of hydrogen-bond donors (Lipinski definition) is 2. The van der Waals surface area contributed by atoms with Gasteiger partial charge in [-0.3, -0.25) is 4.79 Å². The minimum Gasteiger partial charge on any atom is -0.458 e. The van der Waals surface area contributed by atoms with E-state index in [2.05, 4.69) is 10.3 Å². The van der Waals surface area contributed by atoms with Crippen LogP contribution in [0, 0.1) is 6.92 Å². The van der Waals surface area contributed by atoms with Crippen LogP contribution in [0.5, 0.6) is 0 Å². The Morgan fingerprint density at radius 3 is 2.83 bits per heavy atom. The normalized spacial score (nSPS) is 19.5. The number of hydrogen-bond acceptors (Lipinski definition) is 7. The van der Waals surface area contributed by atoms with Crippen molar-refractivity contribution in [3.8, 4) is 11.4 Å². The molecule has 0 aliphatic carbocycles. The van der Waals surface area contributed by atoms with E-state index >= 15 is 0 Å². The second-order valence-electron chi connectivity index (χ2n) is 7.50. The summed E-state index contributed by atoms with van der Waals surface area (Å²) in [6.07, 6.45) is 1.82. The number of anilines is 1. The number of nitrogens with one attached hydrogen (secondary N) is 1. The molecular formula is C21H20N4O4. The molecule has 0 saturated heterocycles. The highest BCUT2D eigenvalue weighted by Gasteiger charge is 2.45. The lowest BCUT2D eigenvalue weighted by atomic mass is 9.86. The quantitative estimate of drug-likeness (QED) is 0.501. The zero-order valence-electron chi connectivity index (χ0n) is 16.4. The highest BCUT2D eigenvalue weighted by molar-refractivity contribution is 5.89. The van der Waals surface area contributed by atoms with Crippen LogP contribution in [0.1, 0.15) is 35.6 Å². The van der Waals surface area contributed by atoms with Gasteiger partial charge in [0.25, 0.3) is 5.56 Å². The molecule has 2 aliphatic heterocycles. The van der Waals surface area contributed by atoms with E-state index in [1.54, 1.807) is 23.8 Å². The van der Waals surface area contributed by atoms with Crippen LogP contribution in [0.25, 0.3) is 22.3 Å². The van der Waals surface area contributed by atoms with Crippen LogP contribution in [0.2, 0.25) is 0 Å². The molecule has 29 heavy (non-hydrogen) atoms. The number of fused-ring (bicyclic) bond motifs is 5. The molecule has 3 aromatic rings. The van der Waals surface area contributed by atoms with Crippen molar-refractivity contribution in [3.63, 3.8) is 0 Å². The third-order valence-corrected chi connectivity index (χ3v) is 6.12. The largest absolute Gasteiger partial charge is 0.458 e. The second kappa shape index (κ2) is 5.87. The van der Waals surface area contributed by atoms with E-state index in [-0.39, 0.29) is 18.6 Å². The van der Waals surface area contributed by atoms with Gasteiger partial charge in [-0.25, -0.2) is 14.8 Å². The lowest BCUT2D eigenvalue weighted by Gasteiger charge is -2.31. The topological polar surface area (TPSA) is 106 Å². The number of carbonyl (C=O) groups is 1. The standard InChI is InChI=1S/C21H20N4O4/c1-4-21(28)14-6-16-18-12(8-25(16)19(26)13(14)9-29-20(21)27)10(2)11-5-17(22-3)23-7-15(11)24-18/h5-7,28H,4,8-9H2,1-3H3,(H,22,23)/t21-/m0/s1. The number of ether oxygens (including phenoxy) is 1. The number of carbonyl (C=O) groups excluding carboxylic acids is 1. The molecule has 0 saturated carbocycles. The van der Waals surface area contributed by atoms with Crippen LogP contribution >= 0.6 is 0 Å². The van der Waals surface area contributed by atoms with Gasteiger partial charge < -0.3 is 19.7 Å². The average molecular weight is 392 g/mol. The maximum atomic E-state index is 13.2. The SMILES string of the molecule is CC[C@@]1(O)C(=O)OCc2c1cc1n(c2=O)Cc2c-1nc1cnc(NC)cc1c2C. The Morgan fingerprint density at radius 2 is 2.10 bits per heavy atom. The average Bonchev–Trinajstić information content (AvgIpc) is 3.10. The van der Waals surface area contributed by atoms with Crippen molar-refractivity contribution in [2.75, 3.05) is 12.4 Å². The summed E-state index contributed by atoms with van der Waals surface area (Å²) in [6.45, 7) is 3.96. The molecule has 0 spiro atoms. The molecule has 8 heteroatoms. The van der Waals surface area contributed by atoms with Crippen LogP contribution in [-0.2, 0) is 28.3 Å². The first-order chi connectivity index (χ1) is 13.9. The van der Waals surface area contributed by atoms with E-state index < -0.39 is 11.6 Å². The van der Waals surface area contributed by atoms with Gasteiger partial charge in [-0.1, -0.05) is 6.92 Å². The molecule has 1 atom stereocenters. The molecule has 0 unspecified atom stereocenters. The van der Waals surface area contributed by atoms with Crippen molar-refractivity contribution in [1.29, 1.82) is 0 Å². The summed E-state index contributed by atoms with van der Waals surface area (Å²) in [5.41, 5.74) is 2.58. The van der Waals surface area contributed by atoms with Crippen LogP contribution in [0.3, 0.4) is 0 Å². The third-order valence-electron chi connectivity index (χ3n) is 6.12. The van der Waals surface area contributed by atoms with Crippen molar-refractivity contribution in [3.05, 3.63) is 50.9 Å². The van der Waals surface area contributed by atoms with Crippen molar-refractivity contribution in [1.82, 2.24) is 14.5 Å². The van der Waals surface area contributed by atoms with Crippen LogP contribution in [0.15, 0.2) is 23.1 Å². The number of aryl methyl sites for hydroxylation is 1. The van der Waals surface area contributed by atoms with E-state index in [1.165, 1.54) is 0 Å². The molecule has 8 nitrogen and oxygen atoms in total. The van der Waals surface area contributed by atoms with Crippen LogP contribution in [-0.4, -0.2) is 32.7 Å². The maximum absolute atomic E-state index is 13.2. The Labute approximate surface area is 166 Å². The fraction of sp³-hybridized carbons (Fsp3) is 0.333. The Balaban J connectivity index is 1.80. The molecule has 3 aromatic heterocycles. The Hall–Kier alpha value is -3.26. The molecule has 5 heterocycles. The van der Waals surface area contributed by atoms with Gasteiger partial charge in [-0.05, 0) is 31.0 Å². The highest BCUT2D eigenvalue weighted by atomic mass is 16.6. The van der Waals surface area contributed by atoms with E-state index in [0.29, 0.717) is 29.1 Å². The first-order valence-corrected chi connectivity index (χ1v) is 9.53. The molecule has 0 fully saturated rings. The van der Waals surface area contributed by atoms with Crippen molar-refractivity contribution < 1.29 is 14.6 Å². The first-order valence-electron chi connectivity index (χ1n) is 9.53. The lowest BCUT2D eigenvalue weighted by molar-refractivity contribution is -0.172. The molecule has 0 bridgehead atoms. The molecule has 148 valence electrons. The highest BCUT2D eigenvalue weighted by Crippen LogP contribution is 2.39. The van der Waals surface area contributed by atoms with Gasteiger partial charge in [-0.15, -0.1) is 0 Å². The van der Waals surface area contributed by atoms with Gasteiger partial charge in [0.1, 0.15) is 12.4 Å². The number of esters is 1. The minimum absolute atomic E-state index is 0.121.